The van der Waals surface area contributed by atoms with E-state index < -0.39 is 0 Å². The van der Waals surface area contributed by atoms with Crippen molar-refractivity contribution >= 4 is 11.9 Å². The van der Waals surface area contributed by atoms with Crippen LogP contribution in [-0.4, -0.2) is 18.0 Å². The zero-order valence-corrected chi connectivity index (χ0v) is 8.03. The van der Waals surface area contributed by atoms with E-state index in [2.05, 4.69) is 0 Å². The zero-order chi connectivity index (χ0) is 10.6. The Kier molecular flexibility index (Phi) is 3.42. The van der Waals surface area contributed by atoms with Gasteiger partial charge in [-0.25, -0.2) is 0 Å². The van der Waals surface area contributed by atoms with Crippen LogP contribution in [0.3, 0.4) is 0 Å². The predicted molar refractivity (Wildman–Crippen MR) is 55.4 cm³/mol. The van der Waals surface area contributed by atoms with E-state index in [0.717, 1.165) is 11.1 Å². The van der Waals surface area contributed by atoms with Gasteiger partial charge in [-0.3, -0.25) is 4.79 Å². The van der Waals surface area contributed by atoms with Crippen LogP contribution < -0.4 is 5.73 Å². The lowest BCUT2D eigenvalue weighted by atomic mass is 10.0. The van der Waals surface area contributed by atoms with Crippen LogP contribution in [0.1, 0.15) is 11.1 Å². The fourth-order valence-electron chi connectivity index (χ4n) is 1.25. The maximum Gasteiger partial charge on any atom is 0.166 e. The standard InChI is InChI=1S/C11H13NO2/c1-8-3-2-4-9(5-8)10(6-13)11(12)7-14/h2-5,7,13H,6,12H2,1H3/b11-10-. The highest BCUT2D eigenvalue weighted by Gasteiger charge is 2.04. The summed E-state index contributed by atoms with van der Waals surface area (Å²) in [6.45, 7) is 1.71. The molecule has 1 aromatic carbocycles. The first-order chi connectivity index (χ1) is 6.69. The minimum Gasteiger partial charge on any atom is -0.396 e. The van der Waals surface area contributed by atoms with Crippen molar-refractivity contribution in [2.45, 2.75) is 6.92 Å². The summed E-state index contributed by atoms with van der Waals surface area (Å²) in [6, 6.07) is 7.49. The summed E-state index contributed by atoms with van der Waals surface area (Å²) in [7, 11) is 0. The second-order valence-corrected chi connectivity index (χ2v) is 3.08. The van der Waals surface area contributed by atoms with Crippen molar-refractivity contribution in [3.05, 3.63) is 41.1 Å². The number of aldehydes is 1. The monoisotopic (exact) mass is 191 g/mol. The Balaban J connectivity index is 3.20. The van der Waals surface area contributed by atoms with Gasteiger partial charge in [0.2, 0.25) is 0 Å². The maximum absolute atomic E-state index is 10.5. The highest BCUT2D eigenvalue weighted by Crippen LogP contribution is 2.16. The molecular formula is C11H13NO2. The fraction of sp³-hybridized carbons (Fsp3) is 0.182. The van der Waals surface area contributed by atoms with Gasteiger partial charge in [0.25, 0.3) is 0 Å². The molecule has 0 aliphatic rings. The summed E-state index contributed by atoms with van der Waals surface area (Å²) in [5.41, 5.74) is 7.87. The molecule has 0 bridgehead atoms. The van der Waals surface area contributed by atoms with Crippen molar-refractivity contribution < 1.29 is 9.90 Å². The van der Waals surface area contributed by atoms with Crippen molar-refractivity contribution in [1.82, 2.24) is 0 Å². The Labute approximate surface area is 82.9 Å². The first-order valence-electron chi connectivity index (χ1n) is 4.30. The summed E-state index contributed by atoms with van der Waals surface area (Å²) in [4.78, 5) is 10.5. The van der Waals surface area contributed by atoms with Crippen LogP contribution in [0.4, 0.5) is 0 Å². The molecule has 1 rings (SSSR count). The molecule has 0 radical (unpaired) electrons. The molecule has 0 fully saturated rings. The van der Waals surface area contributed by atoms with E-state index in [1.165, 1.54) is 0 Å². The molecule has 0 amide bonds. The Morgan fingerprint density at radius 2 is 2.29 bits per heavy atom. The Morgan fingerprint density at radius 3 is 2.79 bits per heavy atom. The Bertz CT molecular complexity index is 369. The van der Waals surface area contributed by atoms with Crippen molar-refractivity contribution in [3.63, 3.8) is 0 Å². The van der Waals surface area contributed by atoms with Crippen LogP contribution in [0.25, 0.3) is 5.57 Å². The molecule has 0 heterocycles. The van der Waals surface area contributed by atoms with Gasteiger partial charge in [0.05, 0.1) is 12.3 Å². The quantitative estimate of drug-likeness (QED) is 0.550. The zero-order valence-electron chi connectivity index (χ0n) is 8.03. The summed E-state index contributed by atoms with van der Waals surface area (Å²) < 4.78 is 0. The van der Waals surface area contributed by atoms with Crippen molar-refractivity contribution in [3.8, 4) is 0 Å². The van der Waals surface area contributed by atoms with Gasteiger partial charge in [-0.2, -0.15) is 0 Å². The lowest BCUT2D eigenvalue weighted by molar-refractivity contribution is -0.104. The summed E-state index contributed by atoms with van der Waals surface area (Å²) >= 11 is 0. The minimum absolute atomic E-state index is 0.0816. The van der Waals surface area contributed by atoms with Gasteiger partial charge < -0.3 is 10.8 Å². The second kappa shape index (κ2) is 4.58. The van der Waals surface area contributed by atoms with Gasteiger partial charge in [0.1, 0.15) is 0 Å². The molecule has 3 N–H and O–H groups in total. The van der Waals surface area contributed by atoms with Crippen LogP contribution in [0.15, 0.2) is 30.0 Å². The topological polar surface area (TPSA) is 63.3 Å². The molecule has 3 nitrogen and oxygen atoms in total. The molecule has 0 aliphatic carbocycles. The van der Waals surface area contributed by atoms with Crippen molar-refractivity contribution in [2.24, 2.45) is 5.73 Å². The average Bonchev–Trinajstić information content (AvgIpc) is 2.19. The van der Waals surface area contributed by atoms with Gasteiger partial charge in [-0.1, -0.05) is 29.8 Å². The lowest BCUT2D eigenvalue weighted by Crippen LogP contribution is -2.06. The third-order valence-corrected chi connectivity index (χ3v) is 2.00. The van der Waals surface area contributed by atoms with E-state index in [9.17, 15) is 4.79 Å². The van der Waals surface area contributed by atoms with Crippen LogP contribution in [0.5, 0.6) is 0 Å². The van der Waals surface area contributed by atoms with Crippen LogP contribution in [0.2, 0.25) is 0 Å². The molecule has 0 saturated carbocycles. The molecule has 0 aliphatic heterocycles. The van der Waals surface area contributed by atoms with Gasteiger partial charge in [-0.15, -0.1) is 0 Å². The molecule has 1 aromatic rings. The van der Waals surface area contributed by atoms with E-state index in [4.69, 9.17) is 10.8 Å². The van der Waals surface area contributed by atoms with Crippen LogP contribution >= 0.6 is 0 Å². The third kappa shape index (κ3) is 2.20. The summed E-state index contributed by atoms with van der Waals surface area (Å²) in [6.07, 6.45) is 0.549. The van der Waals surface area contributed by atoms with E-state index in [0.29, 0.717) is 11.9 Å². The average molecular weight is 191 g/mol. The number of aliphatic hydroxyl groups is 1. The van der Waals surface area contributed by atoms with E-state index in [1.807, 2.05) is 31.2 Å². The van der Waals surface area contributed by atoms with Gasteiger partial charge >= 0.3 is 0 Å². The lowest BCUT2D eigenvalue weighted by Gasteiger charge is -2.06. The number of carbonyl (C=O) groups is 1. The Hall–Kier alpha value is -1.61. The first kappa shape index (κ1) is 10.5. The number of aliphatic hydroxyl groups excluding tert-OH is 1. The summed E-state index contributed by atoms with van der Waals surface area (Å²) in [5, 5.41) is 9.08. The summed E-state index contributed by atoms with van der Waals surface area (Å²) in [5.74, 6) is 0. The molecule has 0 saturated heterocycles. The van der Waals surface area contributed by atoms with Crippen LogP contribution in [-0.2, 0) is 4.79 Å². The third-order valence-electron chi connectivity index (χ3n) is 2.00. The normalized spacial score (nSPS) is 12.1. The van der Waals surface area contributed by atoms with E-state index in [-0.39, 0.29) is 12.3 Å². The van der Waals surface area contributed by atoms with Gasteiger partial charge in [-0.05, 0) is 12.5 Å². The minimum atomic E-state index is -0.228. The molecule has 0 spiro atoms. The number of aryl methyl sites for hydroxylation is 1. The molecule has 0 aromatic heterocycles. The molecular weight excluding hydrogens is 178 g/mol. The second-order valence-electron chi connectivity index (χ2n) is 3.08. The van der Waals surface area contributed by atoms with Crippen LogP contribution in [0, 0.1) is 6.92 Å². The highest BCUT2D eigenvalue weighted by atomic mass is 16.3. The number of hydrogen-bond acceptors (Lipinski definition) is 3. The van der Waals surface area contributed by atoms with E-state index in [1.54, 1.807) is 0 Å². The molecule has 0 atom stereocenters. The fourth-order valence-corrected chi connectivity index (χ4v) is 1.25. The number of nitrogens with two attached hydrogens (primary N) is 1. The van der Waals surface area contributed by atoms with Crippen molar-refractivity contribution in [1.29, 1.82) is 0 Å². The predicted octanol–water partition coefficient (Wildman–Crippen LogP) is 0.856. The molecule has 0 unspecified atom stereocenters. The highest BCUT2D eigenvalue weighted by molar-refractivity contribution is 5.87. The van der Waals surface area contributed by atoms with Crippen molar-refractivity contribution in [2.75, 3.05) is 6.61 Å². The van der Waals surface area contributed by atoms with E-state index >= 15 is 0 Å². The number of carbonyl (C=O) groups excluding carboxylic acids is 1. The first-order valence-corrected chi connectivity index (χ1v) is 4.30. The van der Waals surface area contributed by atoms with Gasteiger partial charge in [0, 0.05) is 5.57 Å². The number of allylic oxidation sites excluding steroid dienone is 1. The smallest absolute Gasteiger partial charge is 0.166 e. The van der Waals surface area contributed by atoms with Gasteiger partial charge in [0.15, 0.2) is 6.29 Å². The molecule has 74 valence electrons. The molecule has 14 heavy (non-hydrogen) atoms. The Morgan fingerprint density at radius 1 is 1.57 bits per heavy atom. The molecule has 3 heteroatoms. The number of hydrogen-bond donors (Lipinski definition) is 2. The maximum atomic E-state index is 10.5. The SMILES string of the molecule is Cc1cccc(/C(CO)=C(\N)C=O)c1. The largest absolute Gasteiger partial charge is 0.396 e. The number of rotatable bonds is 3. The number of benzene rings is 1.